The number of aliphatic hydroxyl groups is 1. The third-order valence-electron chi connectivity index (χ3n) is 3.36. The SMILES string of the molecule is CN(CCCO)S(=O)(=O)NC1CC1c1ccccc1. The van der Waals surface area contributed by atoms with E-state index in [0.717, 1.165) is 6.42 Å². The van der Waals surface area contributed by atoms with Crippen LogP contribution in [0.5, 0.6) is 0 Å². The lowest BCUT2D eigenvalue weighted by Crippen LogP contribution is -2.40. The van der Waals surface area contributed by atoms with Crippen LogP contribution in [0.3, 0.4) is 0 Å². The van der Waals surface area contributed by atoms with Crippen molar-refractivity contribution in [3.8, 4) is 0 Å². The molecule has 0 aromatic heterocycles. The van der Waals surface area contributed by atoms with E-state index < -0.39 is 10.2 Å². The van der Waals surface area contributed by atoms with Crippen LogP contribution >= 0.6 is 0 Å². The molecule has 2 unspecified atom stereocenters. The van der Waals surface area contributed by atoms with Crippen molar-refractivity contribution in [1.29, 1.82) is 0 Å². The van der Waals surface area contributed by atoms with Crippen LogP contribution in [0.4, 0.5) is 0 Å². The van der Waals surface area contributed by atoms with E-state index in [0.29, 0.717) is 13.0 Å². The molecule has 0 spiro atoms. The summed E-state index contributed by atoms with van der Waals surface area (Å²) in [4.78, 5) is 0. The van der Waals surface area contributed by atoms with Crippen molar-refractivity contribution < 1.29 is 13.5 Å². The van der Waals surface area contributed by atoms with Crippen LogP contribution in [0.25, 0.3) is 0 Å². The Morgan fingerprint density at radius 3 is 2.68 bits per heavy atom. The van der Waals surface area contributed by atoms with Gasteiger partial charge in [0.15, 0.2) is 0 Å². The maximum absolute atomic E-state index is 12.0. The molecule has 2 N–H and O–H groups in total. The second-order valence-electron chi connectivity index (χ2n) is 4.88. The van der Waals surface area contributed by atoms with Crippen molar-refractivity contribution in [2.45, 2.75) is 24.8 Å². The maximum Gasteiger partial charge on any atom is 0.279 e. The van der Waals surface area contributed by atoms with Gasteiger partial charge in [0.25, 0.3) is 10.2 Å². The Labute approximate surface area is 114 Å². The molecule has 6 heteroatoms. The molecule has 0 bridgehead atoms. The van der Waals surface area contributed by atoms with Gasteiger partial charge < -0.3 is 5.11 Å². The highest BCUT2D eigenvalue weighted by Gasteiger charge is 2.41. The lowest BCUT2D eigenvalue weighted by Gasteiger charge is -2.17. The Kier molecular flexibility index (Phi) is 4.57. The average molecular weight is 284 g/mol. The molecule has 1 aliphatic rings. The Morgan fingerprint density at radius 1 is 1.37 bits per heavy atom. The van der Waals surface area contributed by atoms with Crippen molar-refractivity contribution in [2.75, 3.05) is 20.2 Å². The van der Waals surface area contributed by atoms with Gasteiger partial charge in [0.2, 0.25) is 0 Å². The fraction of sp³-hybridized carbons (Fsp3) is 0.538. The molecular formula is C13H20N2O3S. The smallest absolute Gasteiger partial charge is 0.279 e. The molecule has 0 radical (unpaired) electrons. The van der Waals surface area contributed by atoms with Gasteiger partial charge >= 0.3 is 0 Å². The highest BCUT2D eigenvalue weighted by Crippen LogP contribution is 2.41. The highest BCUT2D eigenvalue weighted by molar-refractivity contribution is 7.87. The molecule has 0 amide bonds. The van der Waals surface area contributed by atoms with E-state index in [-0.39, 0.29) is 18.6 Å². The quantitative estimate of drug-likeness (QED) is 0.774. The van der Waals surface area contributed by atoms with Gasteiger partial charge in [-0.25, -0.2) is 0 Å². The number of rotatable bonds is 7. The predicted molar refractivity (Wildman–Crippen MR) is 74.0 cm³/mol. The first-order valence-corrected chi connectivity index (χ1v) is 7.88. The minimum Gasteiger partial charge on any atom is -0.396 e. The van der Waals surface area contributed by atoms with E-state index in [1.807, 2.05) is 30.3 Å². The van der Waals surface area contributed by atoms with E-state index in [2.05, 4.69) is 4.72 Å². The Hall–Kier alpha value is -0.950. The lowest BCUT2D eigenvalue weighted by molar-refractivity contribution is 0.275. The van der Waals surface area contributed by atoms with Gasteiger partial charge in [0, 0.05) is 32.2 Å². The molecule has 2 atom stereocenters. The van der Waals surface area contributed by atoms with Crippen LogP contribution in [0.15, 0.2) is 30.3 Å². The first-order valence-electron chi connectivity index (χ1n) is 6.44. The summed E-state index contributed by atoms with van der Waals surface area (Å²) >= 11 is 0. The van der Waals surface area contributed by atoms with E-state index in [9.17, 15) is 8.42 Å². The minimum absolute atomic E-state index is 0.00404. The molecule has 1 aromatic carbocycles. The molecule has 1 aromatic rings. The van der Waals surface area contributed by atoms with Gasteiger partial charge in [-0.1, -0.05) is 30.3 Å². The first kappa shape index (κ1) is 14.5. The van der Waals surface area contributed by atoms with Crippen LogP contribution in [0.2, 0.25) is 0 Å². The molecule has 1 fully saturated rings. The lowest BCUT2D eigenvalue weighted by atomic mass is 10.1. The number of hydrogen-bond donors (Lipinski definition) is 2. The Balaban J connectivity index is 1.89. The van der Waals surface area contributed by atoms with Crippen molar-refractivity contribution in [1.82, 2.24) is 9.03 Å². The number of aliphatic hydroxyl groups excluding tert-OH is 1. The molecule has 5 nitrogen and oxygen atoms in total. The summed E-state index contributed by atoms with van der Waals surface area (Å²) in [6.45, 7) is 0.324. The highest BCUT2D eigenvalue weighted by atomic mass is 32.2. The monoisotopic (exact) mass is 284 g/mol. The van der Waals surface area contributed by atoms with Crippen LogP contribution in [0, 0.1) is 0 Å². The van der Waals surface area contributed by atoms with Crippen LogP contribution < -0.4 is 4.72 Å². The van der Waals surface area contributed by atoms with E-state index in [1.54, 1.807) is 0 Å². The third-order valence-corrected chi connectivity index (χ3v) is 4.96. The van der Waals surface area contributed by atoms with E-state index in [4.69, 9.17) is 5.11 Å². The van der Waals surface area contributed by atoms with Gasteiger partial charge in [0.1, 0.15) is 0 Å². The first-order chi connectivity index (χ1) is 9.04. The van der Waals surface area contributed by atoms with Crippen molar-refractivity contribution in [2.24, 2.45) is 0 Å². The van der Waals surface area contributed by atoms with Crippen molar-refractivity contribution >= 4 is 10.2 Å². The standard InChI is InChI=1S/C13H20N2O3S/c1-15(8-5-9-16)19(17,18)14-13-10-12(13)11-6-3-2-4-7-11/h2-4,6-7,12-14,16H,5,8-10H2,1H3. The molecule has 1 aliphatic carbocycles. The number of nitrogens with one attached hydrogen (secondary N) is 1. The Bertz CT molecular complexity index is 504. The van der Waals surface area contributed by atoms with Crippen molar-refractivity contribution in [3.05, 3.63) is 35.9 Å². The van der Waals surface area contributed by atoms with E-state index in [1.165, 1.54) is 16.9 Å². The third kappa shape index (κ3) is 3.76. The summed E-state index contributed by atoms with van der Waals surface area (Å²) < 4.78 is 28.0. The predicted octanol–water partition coefficient (Wildman–Crippen LogP) is 0.691. The summed E-state index contributed by atoms with van der Waals surface area (Å²) in [7, 11) is -1.91. The molecule has 1 saturated carbocycles. The average Bonchev–Trinajstić information content (AvgIpc) is 3.15. The number of nitrogens with zero attached hydrogens (tertiary/aromatic N) is 1. The zero-order valence-corrected chi connectivity index (χ0v) is 11.8. The van der Waals surface area contributed by atoms with Crippen LogP contribution in [-0.2, 0) is 10.2 Å². The van der Waals surface area contributed by atoms with Gasteiger partial charge in [0.05, 0.1) is 0 Å². The number of benzene rings is 1. The molecule has 0 saturated heterocycles. The largest absolute Gasteiger partial charge is 0.396 e. The summed E-state index contributed by atoms with van der Waals surface area (Å²) in [5.74, 6) is 0.280. The summed E-state index contributed by atoms with van der Waals surface area (Å²) in [6.07, 6.45) is 1.29. The van der Waals surface area contributed by atoms with Crippen LogP contribution in [0.1, 0.15) is 24.3 Å². The maximum atomic E-state index is 12.0. The zero-order valence-electron chi connectivity index (χ0n) is 11.0. The fourth-order valence-electron chi connectivity index (χ4n) is 2.09. The number of hydrogen-bond acceptors (Lipinski definition) is 3. The molecular weight excluding hydrogens is 264 g/mol. The van der Waals surface area contributed by atoms with Gasteiger partial charge in [-0.15, -0.1) is 0 Å². The Morgan fingerprint density at radius 2 is 2.05 bits per heavy atom. The molecule has 0 aliphatic heterocycles. The zero-order chi connectivity index (χ0) is 13.9. The molecule has 106 valence electrons. The normalized spacial score (nSPS) is 22.7. The van der Waals surface area contributed by atoms with Gasteiger partial charge in [-0.2, -0.15) is 17.4 Å². The molecule has 2 rings (SSSR count). The molecule has 0 heterocycles. The minimum atomic E-state index is -3.44. The summed E-state index contributed by atoms with van der Waals surface area (Å²) in [5.41, 5.74) is 1.17. The second-order valence-corrected chi connectivity index (χ2v) is 6.69. The van der Waals surface area contributed by atoms with E-state index >= 15 is 0 Å². The molecule has 19 heavy (non-hydrogen) atoms. The van der Waals surface area contributed by atoms with Crippen molar-refractivity contribution in [3.63, 3.8) is 0 Å². The second kappa shape index (κ2) is 6.00. The van der Waals surface area contributed by atoms with Crippen LogP contribution in [-0.4, -0.2) is 44.1 Å². The fourth-order valence-corrected chi connectivity index (χ4v) is 3.28. The summed E-state index contributed by atoms with van der Waals surface area (Å²) in [6, 6.07) is 9.92. The summed E-state index contributed by atoms with van der Waals surface area (Å²) in [5, 5.41) is 8.72. The van der Waals surface area contributed by atoms with Gasteiger partial charge in [-0.3, -0.25) is 0 Å². The topological polar surface area (TPSA) is 69.6 Å². The van der Waals surface area contributed by atoms with Gasteiger partial charge in [-0.05, 0) is 18.4 Å².